The third-order valence-electron chi connectivity index (χ3n) is 5.47. The number of hydrogen-bond acceptors (Lipinski definition) is 7. The van der Waals surface area contributed by atoms with Crippen LogP contribution in [0.4, 0.5) is 4.79 Å². The van der Waals surface area contributed by atoms with Gasteiger partial charge in [-0.2, -0.15) is 0 Å². The van der Waals surface area contributed by atoms with E-state index in [4.69, 9.17) is 9.47 Å². The number of methoxy groups -OCH3 is 1. The summed E-state index contributed by atoms with van der Waals surface area (Å²) in [6, 6.07) is -0.113. The van der Waals surface area contributed by atoms with Crippen LogP contribution in [-0.4, -0.2) is 51.1 Å². The smallest absolute Gasteiger partial charge is 0.410 e. The van der Waals surface area contributed by atoms with Crippen molar-refractivity contribution in [3.8, 4) is 5.19 Å². The van der Waals surface area contributed by atoms with E-state index in [1.807, 2.05) is 41.5 Å². The van der Waals surface area contributed by atoms with Crippen molar-refractivity contribution in [3.05, 3.63) is 10.6 Å². The van der Waals surface area contributed by atoms with E-state index in [0.29, 0.717) is 18.3 Å². The third-order valence-corrected chi connectivity index (χ3v) is 8.07. The number of carbonyl (C=O) groups is 1. The van der Waals surface area contributed by atoms with Crippen molar-refractivity contribution in [1.82, 2.24) is 14.6 Å². The van der Waals surface area contributed by atoms with Gasteiger partial charge in [-0.15, -0.1) is 4.72 Å². The summed E-state index contributed by atoms with van der Waals surface area (Å²) in [6.07, 6.45) is 2.24. The van der Waals surface area contributed by atoms with E-state index in [9.17, 15) is 9.35 Å². The number of fused-ring (bicyclic) bond motifs is 1. The lowest BCUT2D eigenvalue weighted by atomic mass is 9.74. The molecule has 7 nitrogen and oxygen atoms in total. The molecule has 1 fully saturated rings. The van der Waals surface area contributed by atoms with Crippen molar-refractivity contribution in [3.63, 3.8) is 0 Å². The van der Waals surface area contributed by atoms with Crippen LogP contribution in [0.1, 0.15) is 71.0 Å². The van der Waals surface area contributed by atoms with Crippen LogP contribution in [-0.2, 0) is 22.5 Å². The summed E-state index contributed by atoms with van der Waals surface area (Å²) in [6.45, 7) is 12.8. The van der Waals surface area contributed by atoms with E-state index in [1.54, 1.807) is 23.3 Å². The van der Waals surface area contributed by atoms with E-state index in [2.05, 4.69) is 9.71 Å². The maximum atomic E-state index is 12.9. The Hall–Kier alpha value is -1.03. The molecule has 164 valence electrons. The fourth-order valence-electron chi connectivity index (χ4n) is 3.88. The van der Waals surface area contributed by atoms with Crippen LogP contribution in [0.2, 0.25) is 0 Å². The summed E-state index contributed by atoms with van der Waals surface area (Å²) in [5.41, 5.74) is 0.354. The van der Waals surface area contributed by atoms with Crippen molar-refractivity contribution in [2.75, 3.05) is 20.2 Å². The van der Waals surface area contributed by atoms with Gasteiger partial charge < -0.3 is 18.9 Å². The first-order valence-corrected chi connectivity index (χ1v) is 12.0. The first kappa shape index (κ1) is 22.7. The van der Waals surface area contributed by atoms with Gasteiger partial charge >= 0.3 is 6.09 Å². The molecule has 1 N–H and O–H groups in total. The zero-order chi connectivity index (χ0) is 21.6. The van der Waals surface area contributed by atoms with Crippen molar-refractivity contribution in [1.29, 1.82) is 0 Å². The molecule has 2 heterocycles. The lowest BCUT2D eigenvalue weighted by Crippen LogP contribution is -2.51. The molecule has 1 aromatic rings. The molecule has 0 aromatic carbocycles. The maximum Gasteiger partial charge on any atom is 0.410 e. The highest BCUT2D eigenvalue weighted by atomic mass is 32.2. The van der Waals surface area contributed by atoms with Crippen LogP contribution in [0.3, 0.4) is 0 Å². The Morgan fingerprint density at radius 3 is 2.41 bits per heavy atom. The van der Waals surface area contributed by atoms with Crippen LogP contribution in [0, 0.1) is 5.41 Å². The first-order chi connectivity index (χ1) is 13.3. The number of hydrogen-bond donors (Lipinski definition) is 1. The number of nitrogens with zero attached hydrogens (tertiary/aromatic N) is 2. The van der Waals surface area contributed by atoms with Gasteiger partial charge in [0, 0.05) is 34.7 Å². The minimum Gasteiger partial charge on any atom is -0.598 e. The summed E-state index contributed by atoms with van der Waals surface area (Å²) in [5, 5.41) is 0.643. The molecule has 1 aromatic heterocycles. The molecule has 1 spiro atoms. The predicted molar refractivity (Wildman–Crippen MR) is 116 cm³/mol. The highest BCUT2D eigenvalue weighted by Crippen LogP contribution is 2.54. The van der Waals surface area contributed by atoms with Gasteiger partial charge in [0.15, 0.2) is 0 Å². The monoisotopic (exact) mass is 443 g/mol. The summed E-state index contributed by atoms with van der Waals surface area (Å²) in [5.74, 6) is 0. The van der Waals surface area contributed by atoms with Crippen LogP contribution in [0.25, 0.3) is 0 Å². The summed E-state index contributed by atoms with van der Waals surface area (Å²) < 4.78 is 26.8. The molecule has 1 aliphatic carbocycles. The highest BCUT2D eigenvalue weighted by Gasteiger charge is 2.53. The number of rotatable bonds is 3. The lowest BCUT2D eigenvalue weighted by Gasteiger charge is -2.43. The van der Waals surface area contributed by atoms with Gasteiger partial charge in [0.25, 0.3) is 5.19 Å². The first-order valence-electron chi connectivity index (χ1n) is 10.0. The molecular formula is C20H33N3O4S2. The Balaban J connectivity index is 1.79. The number of amides is 1. The molecule has 3 rings (SSSR count). The zero-order valence-electron chi connectivity index (χ0n) is 18.5. The molecule has 2 aliphatic rings. The van der Waals surface area contributed by atoms with Crippen LogP contribution in [0.5, 0.6) is 5.19 Å². The fourth-order valence-corrected chi connectivity index (χ4v) is 5.88. The average molecular weight is 444 g/mol. The highest BCUT2D eigenvalue weighted by molar-refractivity contribution is 7.90. The second-order valence-corrected chi connectivity index (χ2v) is 13.0. The van der Waals surface area contributed by atoms with Gasteiger partial charge in [0.05, 0.1) is 12.8 Å². The number of likely N-dealkylation sites (tertiary alicyclic amines) is 1. The standard InChI is InChI=1S/C20H33N3O4S2/c1-18(2,3)27-17(24)23-10-8-20(9-11-23)12-13-14(21-16(26-7)28-13)15(20)22-29(25)19(4,5)6/h15,22H,8-12H2,1-7H3/t15-,29?/m1/s1. The number of nitrogens with one attached hydrogen (secondary N) is 1. The fraction of sp³-hybridized carbons (Fsp3) is 0.800. The zero-order valence-corrected chi connectivity index (χ0v) is 20.1. The number of piperidine rings is 1. The van der Waals surface area contributed by atoms with Crippen molar-refractivity contribution >= 4 is 28.8 Å². The minimum atomic E-state index is -1.22. The summed E-state index contributed by atoms with van der Waals surface area (Å²) >= 11 is 0.348. The molecule has 1 saturated heterocycles. The molecule has 0 saturated carbocycles. The molecule has 1 aliphatic heterocycles. The normalized spacial score (nSPS) is 22.5. The Morgan fingerprint density at radius 1 is 1.28 bits per heavy atom. The number of aromatic nitrogens is 1. The Kier molecular flexibility index (Phi) is 6.17. The number of carbonyl (C=O) groups excluding carboxylic acids is 1. The van der Waals surface area contributed by atoms with Gasteiger partial charge in [-0.1, -0.05) is 11.3 Å². The Bertz CT molecular complexity index is 746. The van der Waals surface area contributed by atoms with Gasteiger partial charge in [0.1, 0.15) is 16.4 Å². The second-order valence-electron chi connectivity index (χ2n) is 9.93. The SMILES string of the molecule is COc1nc2c(s1)CC1(CCN(C(=O)OC(C)(C)C)CC1)[C@@H]2N[S+]([O-])C(C)(C)C. The maximum absolute atomic E-state index is 12.9. The molecule has 0 radical (unpaired) electrons. The molecule has 1 unspecified atom stereocenters. The largest absolute Gasteiger partial charge is 0.598 e. The number of thiazole rings is 1. The third kappa shape index (κ3) is 4.84. The minimum absolute atomic E-state index is 0.0974. The summed E-state index contributed by atoms with van der Waals surface area (Å²) in [7, 11) is 1.62. The van der Waals surface area contributed by atoms with E-state index < -0.39 is 17.0 Å². The van der Waals surface area contributed by atoms with Crippen LogP contribution < -0.4 is 9.46 Å². The molecule has 1 amide bonds. The quantitative estimate of drug-likeness (QED) is 0.715. The van der Waals surface area contributed by atoms with E-state index in [1.165, 1.54) is 4.88 Å². The lowest BCUT2D eigenvalue weighted by molar-refractivity contribution is 0.00706. The molecule has 2 atom stereocenters. The van der Waals surface area contributed by atoms with Crippen molar-refractivity contribution in [2.24, 2.45) is 5.41 Å². The van der Waals surface area contributed by atoms with Crippen LogP contribution in [0.15, 0.2) is 0 Å². The van der Waals surface area contributed by atoms with Gasteiger partial charge in [-0.05, 0) is 60.8 Å². The number of ether oxygens (including phenoxy) is 2. The van der Waals surface area contributed by atoms with Crippen LogP contribution >= 0.6 is 11.3 Å². The second kappa shape index (κ2) is 7.90. The molecule has 29 heavy (non-hydrogen) atoms. The average Bonchev–Trinajstić information content (AvgIpc) is 3.10. The van der Waals surface area contributed by atoms with Gasteiger partial charge in [0.2, 0.25) is 0 Å². The van der Waals surface area contributed by atoms with Gasteiger partial charge in [-0.3, -0.25) is 0 Å². The van der Waals surface area contributed by atoms with Crippen molar-refractivity contribution in [2.45, 2.75) is 77.2 Å². The van der Waals surface area contributed by atoms with Gasteiger partial charge in [-0.25, -0.2) is 9.78 Å². The van der Waals surface area contributed by atoms with E-state index >= 15 is 0 Å². The molecular weight excluding hydrogens is 410 g/mol. The summed E-state index contributed by atoms with van der Waals surface area (Å²) in [4.78, 5) is 20.1. The molecule has 9 heteroatoms. The van der Waals surface area contributed by atoms with E-state index in [-0.39, 0.29) is 22.3 Å². The predicted octanol–water partition coefficient (Wildman–Crippen LogP) is 3.82. The van der Waals surface area contributed by atoms with Crippen molar-refractivity contribution < 1.29 is 18.8 Å². The molecule has 0 bridgehead atoms. The van der Waals surface area contributed by atoms with E-state index in [0.717, 1.165) is 25.0 Å². The Labute approximate surface area is 180 Å². The Morgan fingerprint density at radius 2 is 1.90 bits per heavy atom. The topological polar surface area (TPSA) is 86.8 Å².